The first-order valence-corrected chi connectivity index (χ1v) is 9.24. The van der Waals surface area contributed by atoms with Gasteiger partial charge in [0.15, 0.2) is 5.82 Å². The molecule has 0 aromatic carbocycles. The van der Waals surface area contributed by atoms with E-state index in [-0.39, 0.29) is 11.5 Å². The van der Waals surface area contributed by atoms with Crippen LogP contribution in [0.2, 0.25) is 0 Å². The molecule has 1 atom stereocenters. The number of carboxylic acid groups (broad SMARTS) is 1. The summed E-state index contributed by atoms with van der Waals surface area (Å²) < 4.78 is 16.3. The van der Waals surface area contributed by atoms with Gasteiger partial charge in [-0.25, -0.2) is 9.18 Å². The molecule has 1 saturated heterocycles. The van der Waals surface area contributed by atoms with Crippen LogP contribution in [0.1, 0.15) is 40.2 Å². The summed E-state index contributed by atoms with van der Waals surface area (Å²) in [6.45, 7) is 4.11. The molecule has 1 saturated carbocycles. The molecule has 2 N–H and O–H groups in total. The van der Waals surface area contributed by atoms with Crippen molar-refractivity contribution < 1.29 is 14.3 Å². The second-order valence-corrected chi connectivity index (χ2v) is 7.77. The number of rotatable bonds is 3. The van der Waals surface area contributed by atoms with Crippen molar-refractivity contribution in [1.29, 1.82) is 0 Å². The van der Waals surface area contributed by atoms with Crippen molar-refractivity contribution in [3.63, 3.8) is 0 Å². The topological polar surface area (TPSA) is 74.0 Å². The van der Waals surface area contributed by atoms with Crippen molar-refractivity contribution in [2.75, 3.05) is 24.5 Å². The number of halogens is 1. The zero-order chi connectivity index (χ0) is 18.9. The number of nitrogens with one attached hydrogen (secondary N) is 1. The molecular formula is C20H20FN3O3. The van der Waals surface area contributed by atoms with Gasteiger partial charge >= 0.3 is 5.97 Å². The lowest BCUT2D eigenvalue weighted by Gasteiger charge is -2.24. The fourth-order valence-corrected chi connectivity index (χ4v) is 4.55. The van der Waals surface area contributed by atoms with Gasteiger partial charge in [0.1, 0.15) is 5.56 Å². The number of aryl methyl sites for hydroxylation is 1. The highest BCUT2D eigenvalue weighted by Crippen LogP contribution is 2.44. The van der Waals surface area contributed by atoms with Crippen molar-refractivity contribution in [2.24, 2.45) is 5.92 Å². The number of aromatic carboxylic acids is 1. The van der Waals surface area contributed by atoms with Crippen molar-refractivity contribution in [3.05, 3.63) is 56.9 Å². The number of carboxylic acids is 1. The summed E-state index contributed by atoms with van der Waals surface area (Å²) in [6.07, 6.45) is 5.10. The minimum Gasteiger partial charge on any atom is -0.477 e. The van der Waals surface area contributed by atoms with E-state index < -0.39 is 17.3 Å². The Labute approximate surface area is 154 Å². The van der Waals surface area contributed by atoms with Gasteiger partial charge in [-0.2, -0.15) is 0 Å². The third-order valence-electron chi connectivity index (χ3n) is 6.00. The minimum absolute atomic E-state index is 0.237. The Hall–Kier alpha value is -2.83. The number of aromatic nitrogens is 1. The van der Waals surface area contributed by atoms with Gasteiger partial charge in [0.2, 0.25) is 0 Å². The monoisotopic (exact) mass is 369 g/mol. The van der Waals surface area contributed by atoms with Crippen LogP contribution in [0, 0.1) is 18.7 Å². The second kappa shape index (κ2) is 5.58. The Morgan fingerprint density at radius 1 is 1.33 bits per heavy atom. The number of anilines is 1. The average molecular weight is 369 g/mol. The lowest BCUT2D eigenvalue weighted by molar-refractivity contribution is 0.0694. The van der Waals surface area contributed by atoms with Crippen molar-refractivity contribution in [2.45, 2.75) is 25.7 Å². The fourth-order valence-electron chi connectivity index (χ4n) is 4.55. The molecule has 2 aliphatic heterocycles. The maximum Gasteiger partial charge on any atom is 0.341 e. The van der Waals surface area contributed by atoms with Gasteiger partial charge in [-0.05, 0) is 54.6 Å². The maximum atomic E-state index is 15.1. The Bertz CT molecular complexity index is 1080. The number of hydrogen-bond acceptors (Lipinski definition) is 4. The van der Waals surface area contributed by atoms with Crippen LogP contribution >= 0.6 is 0 Å². The van der Waals surface area contributed by atoms with Gasteiger partial charge in [0.05, 0.1) is 17.4 Å². The van der Waals surface area contributed by atoms with Gasteiger partial charge in [-0.1, -0.05) is 0 Å². The quantitative estimate of drug-likeness (QED) is 0.868. The SMILES string of the molecule is Cc1c(N2CC3=CNCC3C2)c(F)cn2c(=O)c(C(=O)O)cc(C3CC3)c12. The van der Waals surface area contributed by atoms with Gasteiger partial charge in [-0.3, -0.25) is 9.20 Å². The zero-order valence-corrected chi connectivity index (χ0v) is 15.0. The molecule has 6 nitrogen and oxygen atoms in total. The summed E-state index contributed by atoms with van der Waals surface area (Å²) in [5, 5.41) is 12.6. The van der Waals surface area contributed by atoms with E-state index in [1.807, 2.05) is 18.0 Å². The van der Waals surface area contributed by atoms with E-state index >= 15 is 4.39 Å². The van der Waals surface area contributed by atoms with E-state index in [1.165, 1.54) is 22.2 Å². The summed E-state index contributed by atoms with van der Waals surface area (Å²) >= 11 is 0. The van der Waals surface area contributed by atoms with Crippen LogP contribution in [-0.4, -0.2) is 35.1 Å². The molecule has 1 aliphatic carbocycles. The van der Waals surface area contributed by atoms with E-state index in [0.29, 0.717) is 29.2 Å². The first-order chi connectivity index (χ1) is 13.0. The smallest absolute Gasteiger partial charge is 0.341 e. The third kappa shape index (κ3) is 2.37. The summed E-state index contributed by atoms with van der Waals surface area (Å²) in [6, 6.07) is 1.50. The molecule has 0 bridgehead atoms. The summed E-state index contributed by atoms with van der Waals surface area (Å²) in [5.74, 6) is -1.13. The maximum absolute atomic E-state index is 15.1. The Balaban J connectivity index is 1.75. The highest BCUT2D eigenvalue weighted by molar-refractivity contribution is 5.89. The van der Waals surface area contributed by atoms with E-state index in [9.17, 15) is 14.7 Å². The van der Waals surface area contributed by atoms with E-state index in [1.54, 1.807) is 0 Å². The molecule has 4 heterocycles. The standard InChI is InChI=1S/C20H20FN3O3/c1-10-17-14(11-2-3-11)4-15(20(26)27)19(25)24(17)9-16(21)18(10)23-7-12-5-22-6-13(12)8-23/h4-5,9,11,13,22H,2-3,6-8H2,1H3,(H,26,27). The number of pyridine rings is 2. The van der Waals surface area contributed by atoms with Crippen molar-refractivity contribution in [3.8, 4) is 0 Å². The Kier molecular flexibility index (Phi) is 3.38. The van der Waals surface area contributed by atoms with E-state index in [0.717, 1.165) is 31.5 Å². The Morgan fingerprint density at radius 2 is 2.11 bits per heavy atom. The van der Waals surface area contributed by atoms with E-state index in [2.05, 4.69) is 5.32 Å². The first kappa shape index (κ1) is 16.4. The fraction of sp³-hybridized carbons (Fsp3) is 0.400. The van der Waals surface area contributed by atoms with Crippen LogP contribution in [-0.2, 0) is 0 Å². The third-order valence-corrected chi connectivity index (χ3v) is 6.00. The van der Waals surface area contributed by atoms with Gasteiger partial charge < -0.3 is 15.3 Å². The van der Waals surface area contributed by atoms with Crippen molar-refractivity contribution in [1.82, 2.24) is 9.72 Å². The predicted molar refractivity (Wildman–Crippen MR) is 99.1 cm³/mol. The molecule has 7 heteroatoms. The van der Waals surface area contributed by atoms with Crippen molar-refractivity contribution >= 4 is 17.2 Å². The first-order valence-electron chi connectivity index (χ1n) is 9.24. The highest BCUT2D eigenvalue weighted by atomic mass is 19.1. The molecule has 140 valence electrons. The number of carbonyl (C=O) groups is 1. The summed E-state index contributed by atoms with van der Waals surface area (Å²) in [5.41, 5.74) is 3.02. The van der Waals surface area contributed by atoms with Crippen LogP contribution < -0.4 is 15.8 Å². The van der Waals surface area contributed by atoms with Crippen LogP contribution in [0.5, 0.6) is 0 Å². The number of nitrogens with zero attached hydrogens (tertiary/aromatic N) is 2. The summed E-state index contributed by atoms with van der Waals surface area (Å²) in [7, 11) is 0. The number of fused-ring (bicyclic) bond motifs is 2. The molecule has 0 amide bonds. The predicted octanol–water partition coefficient (Wildman–Crippen LogP) is 2.25. The molecule has 0 spiro atoms. The molecule has 3 aliphatic rings. The molecular weight excluding hydrogens is 349 g/mol. The van der Waals surface area contributed by atoms with Crippen LogP contribution in [0.25, 0.3) is 5.52 Å². The molecule has 0 radical (unpaired) electrons. The van der Waals surface area contributed by atoms with Gasteiger partial charge in [0, 0.05) is 25.6 Å². The molecule has 2 fully saturated rings. The summed E-state index contributed by atoms with van der Waals surface area (Å²) in [4.78, 5) is 26.2. The molecule has 1 unspecified atom stereocenters. The Morgan fingerprint density at radius 3 is 2.78 bits per heavy atom. The molecule has 5 rings (SSSR count). The molecule has 2 aromatic rings. The molecule has 27 heavy (non-hydrogen) atoms. The van der Waals surface area contributed by atoms with Crippen LogP contribution in [0.3, 0.4) is 0 Å². The van der Waals surface area contributed by atoms with Crippen LogP contribution in [0.15, 0.2) is 28.8 Å². The minimum atomic E-state index is -1.27. The van der Waals surface area contributed by atoms with Crippen LogP contribution in [0.4, 0.5) is 10.1 Å². The number of hydrogen-bond donors (Lipinski definition) is 2. The zero-order valence-electron chi connectivity index (χ0n) is 15.0. The van der Waals surface area contributed by atoms with E-state index in [4.69, 9.17) is 0 Å². The molecule has 2 aromatic heterocycles. The average Bonchev–Trinajstić information content (AvgIpc) is 3.24. The normalized spacial score (nSPS) is 21.3. The second-order valence-electron chi connectivity index (χ2n) is 7.77. The van der Waals surface area contributed by atoms with Gasteiger partial charge in [-0.15, -0.1) is 0 Å². The highest BCUT2D eigenvalue weighted by Gasteiger charge is 2.34. The lowest BCUT2D eigenvalue weighted by Crippen LogP contribution is -2.28. The van der Waals surface area contributed by atoms with Gasteiger partial charge in [0.25, 0.3) is 5.56 Å². The largest absolute Gasteiger partial charge is 0.477 e. The lowest BCUT2D eigenvalue weighted by atomic mass is 10.0.